The van der Waals surface area contributed by atoms with Crippen LogP contribution in [0.4, 0.5) is 0 Å². The molecule has 0 bridgehead atoms. The first-order valence-corrected chi connectivity index (χ1v) is 3.33. The van der Waals surface area contributed by atoms with Gasteiger partial charge in [0.2, 0.25) is 5.91 Å². The van der Waals surface area contributed by atoms with Gasteiger partial charge in [0.25, 0.3) is 0 Å². The molecular formula is C7H13NO3. The van der Waals surface area contributed by atoms with Crippen LogP contribution in [-0.4, -0.2) is 28.8 Å². The van der Waals surface area contributed by atoms with Gasteiger partial charge >= 0.3 is 0 Å². The molecule has 0 aromatic heterocycles. The van der Waals surface area contributed by atoms with Gasteiger partial charge in [0.1, 0.15) is 0 Å². The molecule has 4 nitrogen and oxygen atoms in total. The lowest BCUT2D eigenvalue weighted by Gasteiger charge is -2.02. The average molecular weight is 159 g/mol. The van der Waals surface area contributed by atoms with Crippen LogP contribution in [0.2, 0.25) is 0 Å². The molecule has 0 aromatic carbocycles. The van der Waals surface area contributed by atoms with E-state index in [9.17, 15) is 4.79 Å². The van der Waals surface area contributed by atoms with E-state index in [1.807, 2.05) is 0 Å². The van der Waals surface area contributed by atoms with Gasteiger partial charge in [0.15, 0.2) is 0 Å². The molecule has 0 fully saturated rings. The smallest absolute Gasteiger partial charge is 0.244 e. The lowest BCUT2D eigenvalue weighted by Crippen LogP contribution is -2.14. The Hall–Kier alpha value is -0.870. The molecule has 1 unspecified atom stereocenters. The third-order valence-electron chi connectivity index (χ3n) is 1.30. The summed E-state index contributed by atoms with van der Waals surface area (Å²) in [6.07, 6.45) is 0.957. The summed E-state index contributed by atoms with van der Waals surface area (Å²) in [5, 5.41) is 17.2. The minimum atomic E-state index is -0.802. The van der Waals surface area contributed by atoms with Crippen molar-refractivity contribution in [3.63, 3.8) is 0 Å². The quantitative estimate of drug-likeness (QED) is 0.468. The van der Waals surface area contributed by atoms with Crippen LogP contribution in [0.3, 0.4) is 0 Å². The van der Waals surface area contributed by atoms with Crippen molar-refractivity contribution in [1.29, 1.82) is 0 Å². The first-order valence-electron chi connectivity index (χ1n) is 3.33. The minimum Gasteiger partial charge on any atom is -0.394 e. The van der Waals surface area contributed by atoms with Gasteiger partial charge in [-0.25, -0.2) is 0 Å². The summed E-state index contributed by atoms with van der Waals surface area (Å²) in [5.41, 5.74) is 5.31. The largest absolute Gasteiger partial charge is 0.394 e. The Labute approximate surface area is 65.3 Å². The van der Waals surface area contributed by atoms with Crippen molar-refractivity contribution in [2.45, 2.75) is 19.4 Å². The minimum absolute atomic E-state index is 0.255. The molecule has 0 aliphatic heterocycles. The SMILES string of the molecule is C/C(=C\CC(O)CO)C(N)=O. The number of hydrogen-bond acceptors (Lipinski definition) is 3. The highest BCUT2D eigenvalue weighted by Gasteiger charge is 2.00. The van der Waals surface area contributed by atoms with Crippen molar-refractivity contribution >= 4 is 5.91 Å². The molecule has 0 rings (SSSR count). The van der Waals surface area contributed by atoms with Crippen LogP contribution >= 0.6 is 0 Å². The summed E-state index contributed by atoms with van der Waals surface area (Å²) in [6, 6.07) is 0. The van der Waals surface area contributed by atoms with Gasteiger partial charge in [0.05, 0.1) is 12.7 Å². The standard InChI is InChI=1S/C7H13NO3/c1-5(7(8)11)2-3-6(10)4-9/h2,6,9-10H,3-4H2,1H3,(H2,8,11)/b5-2+. The van der Waals surface area contributed by atoms with Crippen LogP contribution in [0.1, 0.15) is 13.3 Å². The number of carbonyl (C=O) groups is 1. The zero-order chi connectivity index (χ0) is 8.85. The number of nitrogens with two attached hydrogens (primary N) is 1. The molecule has 64 valence electrons. The second kappa shape index (κ2) is 4.87. The fraction of sp³-hybridized carbons (Fsp3) is 0.571. The maximum atomic E-state index is 10.4. The predicted octanol–water partition coefficient (Wildman–Crippen LogP) is -0.839. The van der Waals surface area contributed by atoms with E-state index in [1.165, 1.54) is 6.08 Å². The zero-order valence-electron chi connectivity index (χ0n) is 6.45. The van der Waals surface area contributed by atoms with E-state index in [1.54, 1.807) is 6.92 Å². The van der Waals surface area contributed by atoms with Gasteiger partial charge in [-0.3, -0.25) is 4.79 Å². The van der Waals surface area contributed by atoms with Crippen molar-refractivity contribution in [1.82, 2.24) is 0 Å². The van der Waals surface area contributed by atoms with Crippen LogP contribution in [0, 0.1) is 0 Å². The Bertz CT molecular complexity index is 165. The molecule has 11 heavy (non-hydrogen) atoms. The van der Waals surface area contributed by atoms with E-state index >= 15 is 0 Å². The highest BCUT2D eigenvalue weighted by Crippen LogP contribution is 1.97. The van der Waals surface area contributed by atoms with E-state index in [2.05, 4.69) is 0 Å². The molecule has 0 spiro atoms. The molecule has 0 aromatic rings. The van der Waals surface area contributed by atoms with Crippen molar-refractivity contribution in [3.05, 3.63) is 11.6 Å². The number of rotatable bonds is 4. The topological polar surface area (TPSA) is 83.6 Å². The number of carbonyl (C=O) groups excluding carboxylic acids is 1. The number of hydrogen-bond donors (Lipinski definition) is 3. The molecular weight excluding hydrogens is 146 g/mol. The number of primary amides is 1. The summed E-state index contributed by atoms with van der Waals surface area (Å²) < 4.78 is 0. The Balaban J connectivity index is 3.82. The van der Waals surface area contributed by atoms with E-state index in [4.69, 9.17) is 15.9 Å². The lowest BCUT2D eigenvalue weighted by atomic mass is 10.2. The summed E-state index contributed by atoms with van der Waals surface area (Å²) in [7, 11) is 0. The third-order valence-corrected chi connectivity index (χ3v) is 1.30. The first kappa shape index (κ1) is 10.1. The summed E-state index contributed by atoms with van der Waals surface area (Å²) >= 11 is 0. The molecule has 0 aliphatic carbocycles. The first-order chi connectivity index (χ1) is 5.07. The molecule has 0 saturated carbocycles. The van der Waals surface area contributed by atoms with Gasteiger partial charge in [-0.1, -0.05) is 6.08 Å². The molecule has 0 radical (unpaired) electrons. The second-order valence-electron chi connectivity index (χ2n) is 2.32. The highest BCUT2D eigenvalue weighted by molar-refractivity contribution is 5.91. The second-order valence-corrected chi connectivity index (χ2v) is 2.32. The van der Waals surface area contributed by atoms with Crippen LogP contribution in [0.15, 0.2) is 11.6 Å². The zero-order valence-corrected chi connectivity index (χ0v) is 6.45. The Morgan fingerprint density at radius 2 is 2.27 bits per heavy atom. The predicted molar refractivity (Wildman–Crippen MR) is 40.7 cm³/mol. The van der Waals surface area contributed by atoms with E-state index < -0.39 is 12.0 Å². The van der Waals surface area contributed by atoms with Gasteiger partial charge in [-0.2, -0.15) is 0 Å². The van der Waals surface area contributed by atoms with Gasteiger partial charge < -0.3 is 15.9 Å². The van der Waals surface area contributed by atoms with Gasteiger partial charge in [0, 0.05) is 5.57 Å². The van der Waals surface area contributed by atoms with Crippen molar-refractivity contribution < 1.29 is 15.0 Å². The Kier molecular flexibility index (Phi) is 4.49. The van der Waals surface area contributed by atoms with E-state index in [-0.39, 0.29) is 13.0 Å². The molecule has 0 aliphatic rings. The van der Waals surface area contributed by atoms with Gasteiger partial charge in [-0.05, 0) is 13.3 Å². The number of aliphatic hydroxyl groups is 2. The molecule has 0 heterocycles. The van der Waals surface area contributed by atoms with Crippen LogP contribution in [0.25, 0.3) is 0 Å². The van der Waals surface area contributed by atoms with Crippen LogP contribution < -0.4 is 5.73 Å². The molecule has 4 N–H and O–H groups in total. The van der Waals surface area contributed by atoms with E-state index in [0.29, 0.717) is 5.57 Å². The summed E-state index contributed by atoms with van der Waals surface area (Å²) in [5.74, 6) is -0.505. The normalized spacial score (nSPS) is 14.6. The highest BCUT2D eigenvalue weighted by atomic mass is 16.3. The maximum Gasteiger partial charge on any atom is 0.244 e. The number of aliphatic hydroxyl groups excluding tert-OH is 2. The van der Waals surface area contributed by atoms with Crippen molar-refractivity contribution in [3.8, 4) is 0 Å². The average Bonchev–Trinajstić information content (AvgIpc) is 1.99. The molecule has 1 amide bonds. The summed E-state index contributed by atoms with van der Waals surface area (Å²) in [4.78, 5) is 10.4. The monoisotopic (exact) mass is 159 g/mol. The fourth-order valence-corrected chi connectivity index (χ4v) is 0.488. The molecule has 1 atom stereocenters. The fourth-order valence-electron chi connectivity index (χ4n) is 0.488. The molecule has 0 saturated heterocycles. The van der Waals surface area contributed by atoms with Crippen LogP contribution in [0.5, 0.6) is 0 Å². The van der Waals surface area contributed by atoms with Crippen molar-refractivity contribution in [2.75, 3.05) is 6.61 Å². The van der Waals surface area contributed by atoms with Crippen LogP contribution in [-0.2, 0) is 4.79 Å². The Morgan fingerprint density at radius 1 is 1.73 bits per heavy atom. The van der Waals surface area contributed by atoms with Gasteiger partial charge in [-0.15, -0.1) is 0 Å². The van der Waals surface area contributed by atoms with E-state index in [0.717, 1.165) is 0 Å². The third kappa shape index (κ3) is 4.52. The molecule has 4 heteroatoms. The lowest BCUT2D eigenvalue weighted by molar-refractivity contribution is -0.114. The number of amides is 1. The maximum absolute atomic E-state index is 10.4. The Morgan fingerprint density at radius 3 is 2.64 bits per heavy atom. The summed E-state index contributed by atoms with van der Waals surface area (Å²) in [6.45, 7) is 1.26. The van der Waals surface area contributed by atoms with Crippen molar-refractivity contribution in [2.24, 2.45) is 5.73 Å².